The summed E-state index contributed by atoms with van der Waals surface area (Å²) in [5, 5.41) is 29.7. The summed E-state index contributed by atoms with van der Waals surface area (Å²) in [6.07, 6.45) is 0. The highest BCUT2D eigenvalue weighted by Gasteiger charge is 2.28. The van der Waals surface area contributed by atoms with Crippen molar-refractivity contribution < 1.29 is 44.0 Å². The number of nitrogens with zero attached hydrogens (tertiary/aromatic N) is 1. The normalized spacial score (nSPS) is 10.6. The number of aromatic carboxylic acids is 3. The third-order valence-corrected chi connectivity index (χ3v) is 7.14. The summed E-state index contributed by atoms with van der Waals surface area (Å²) in [7, 11) is 0. The van der Waals surface area contributed by atoms with Crippen LogP contribution in [0.15, 0.2) is 78.9 Å². The molecule has 4 aromatic carbocycles. The standard InChI is InChI=1S/C32H25Cl2NO9/c1-2-43-28-9-4-3-7-19(28)17-35(16-18-6-5-8-20(12-18)44-21-10-11-26(33)27(34)13-21)29(36)22-14-24(31(39)40)25(32(41)42)15-23(22)30(37)38/h3-15H,2,16-17H2,1H3,(H,37,38)(H,39,40)(H,41,42). The third-order valence-electron chi connectivity index (χ3n) is 6.40. The van der Waals surface area contributed by atoms with Crippen LogP contribution in [0.1, 0.15) is 59.5 Å². The van der Waals surface area contributed by atoms with E-state index in [1.165, 1.54) is 4.90 Å². The van der Waals surface area contributed by atoms with Gasteiger partial charge in [0, 0.05) is 24.7 Å². The van der Waals surface area contributed by atoms with E-state index in [2.05, 4.69) is 0 Å². The summed E-state index contributed by atoms with van der Waals surface area (Å²) >= 11 is 12.1. The number of amides is 1. The highest BCUT2D eigenvalue weighted by Crippen LogP contribution is 2.31. The third kappa shape index (κ3) is 7.47. The average molecular weight is 638 g/mol. The molecule has 10 nitrogen and oxygen atoms in total. The highest BCUT2D eigenvalue weighted by atomic mass is 35.5. The van der Waals surface area contributed by atoms with Crippen LogP contribution in [0.5, 0.6) is 17.2 Å². The van der Waals surface area contributed by atoms with Crippen molar-refractivity contribution in [3.8, 4) is 17.2 Å². The minimum absolute atomic E-state index is 0.0605. The Labute approximate surface area is 261 Å². The van der Waals surface area contributed by atoms with E-state index < -0.39 is 46.1 Å². The lowest BCUT2D eigenvalue weighted by Gasteiger charge is -2.25. The fraction of sp³-hybridized carbons (Fsp3) is 0.125. The predicted octanol–water partition coefficient (Wildman–Crippen LogP) is 7.12. The minimum Gasteiger partial charge on any atom is -0.494 e. The maximum absolute atomic E-state index is 14.1. The van der Waals surface area contributed by atoms with Crippen molar-refractivity contribution in [3.63, 3.8) is 0 Å². The van der Waals surface area contributed by atoms with Gasteiger partial charge in [-0.2, -0.15) is 0 Å². The second-order valence-electron chi connectivity index (χ2n) is 9.39. The monoisotopic (exact) mass is 637 g/mol. The van der Waals surface area contributed by atoms with E-state index >= 15 is 0 Å². The number of carbonyl (C=O) groups is 4. The number of ether oxygens (including phenoxy) is 2. The molecular weight excluding hydrogens is 613 g/mol. The topological polar surface area (TPSA) is 151 Å². The van der Waals surface area contributed by atoms with Gasteiger partial charge >= 0.3 is 17.9 Å². The molecule has 0 bridgehead atoms. The van der Waals surface area contributed by atoms with E-state index in [0.29, 0.717) is 51.1 Å². The lowest BCUT2D eigenvalue weighted by Crippen LogP contribution is -2.32. The van der Waals surface area contributed by atoms with Gasteiger partial charge in [0.15, 0.2) is 0 Å². The van der Waals surface area contributed by atoms with E-state index in [9.17, 15) is 34.5 Å². The van der Waals surface area contributed by atoms with Gasteiger partial charge in [-0.1, -0.05) is 53.5 Å². The summed E-state index contributed by atoms with van der Waals surface area (Å²) in [6.45, 7) is 2.02. The summed E-state index contributed by atoms with van der Waals surface area (Å²) in [6, 6.07) is 20.0. The van der Waals surface area contributed by atoms with Crippen LogP contribution in [-0.2, 0) is 13.1 Å². The van der Waals surface area contributed by atoms with Gasteiger partial charge < -0.3 is 29.7 Å². The Hall–Kier alpha value is -5.06. The molecule has 4 rings (SSSR count). The summed E-state index contributed by atoms with van der Waals surface area (Å²) in [5.74, 6) is -4.40. The number of para-hydroxylation sites is 1. The lowest BCUT2D eigenvalue weighted by molar-refractivity contribution is 0.0643. The van der Waals surface area contributed by atoms with Crippen LogP contribution in [0.3, 0.4) is 0 Å². The van der Waals surface area contributed by atoms with Gasteiger partial charge in [0.25, 0.3) is 5.91 Å². The Bertz CT molecular complexity index is 1760. The molecule has 0 spiro atoms. The first-order valence-corrected chi connectivity index (χ1v) is 13.8. The number of hydrogen-bond donors (Lipinski definition) is 3. The molecular formula is C32H25Cl2NO9. The molecule has 0 fully saturated rings. The maximum Gasteiger partial charge on any atom is 0.336 e. The Morgan fingerprint density at radius 3 is 1.93 bits per heavy atom. The molecule has 4 aromatic rings. The summed E-state index contributed by atoms with van der Waals surface area (Å²) in [4.78, 5) is 51.1. The molecule has 0 aromatic heterocycles. The first kappa shape index (κ1) is 31.9. The molecule has 0 radical (unpaired) electrons. The van der Waals surface area contributed by atoms with Crippen molar-refractivity contribution in [2.24, 2.45) is 0 Å². The Morgan fingerprint density at radius 1 is 0.682 bits per heavy atom. The number of halogens is 2. The van der Waals surface area contributed by atoms with Crippen molar-refractivity contribution in [1.29, 1.82) is 0 Å². The SMILES string of the molecule is CCOc1ccccc1CN(Cc1cccc(Oc2ccc(Cl)c(Cl)c2)c1)C(=O)c1cc(C(=O)O)c(C(=O)O)cc1C(=O)O. The Kier molecular flexibility index (Phi) is 10.1. The fourth-order valence-corrected chi connectivity index (χ4v) is 4.71. The fourth-order valence-electron chi connectivity index (χ4n) is 4.42. The van der Waals surface area contributed by atoms with Gasteiger partial charge in [-0.05, 0) is 55.0 Å². The maximum atomic E-state index is 14.1. The van der Waals surface area contributed by atoms with Crippen LogP contribution in [0.25, 0.3) is 0 Å². The van der Waals surface area contributed by atoms with E-state index in [-0.39, 0.29) is 13.1 Å². The van der Waals surface area contributed by atoms with Crippen LogP contribution < -0.4 is 9.47 Å². The first-order chi connectivity index (χ1) is 21.0. The van der Waals surface area contributed by atoms with Crippen molar-refractivity contribution in [2.45, 2.75) is 20.0 Å². The van der Waals surface area contributed by atoms with Gasteiger partial charge in [0.2, 0.25) is 0 Å². The van der Waals surface area contributed by atoms with Crippen LogP contribution in [-0.4, -0.2) is 50.6 Å². The highest BCUT2D eigenvalue weighted by molar-refractivity contribution is 6.42. The van der Waals surface area contributed by atoms with Crippen LogP contribution in [0, 0.1) is 0 Å². The number of carboxylic acid groups (broad SMARTS) is 3. The van der Waals surface area contributed by atoms with E-state index in [1.54, 1.807) is 73.7 Å². The van der Waals surface area contributed by atoms with Gasteiger partial charge in [0.1, 0.15) is 17.2 Å². The largest absolute Gasteiger partial charge is 0.494 e. The van der Waals surface area contributed by atoms with Gasteiger partial charge in [-0.15, -0.1) is 0 Å². The van der Waals surface area contributed by atoms with Gasteiger partial charge in [-0.25, -0.2) is 14.4 Å². The number of hydrogen-bond acceptors (Lipinski definition) is 6. The molecule has 0 aliphatic heterocycles. The molecule has 0 atom stereocenters. The smallest absolute Gasteiger partial charge is 0.336 e. The minimum atomic E-state index is -1.65. The van der Waals surface area contributed by atoms with Crippen molar-refractivity contribution in [1.82, 2.24) is 4.90 Å². The molecule has 226 valence electrons. The second kappa shape index (κ2) is 13.9. The molecule has 0 unspecified atom stereocenters. The number of carboxylic acids is 3. The van der Waals surface area contributed by atoms with E-state index in [0.717, 1.165) is 6.07 Å². The summed E-state index contributed by atoms with van der Waals surface area (Å²) in [5.41, 5.74) is -1.44. The average Bonchev–Trinajstić information content (AvgIpc) is 2.98. The van der Waals surface area contributed by atoms with Crippen LogP contribution >= 0.6 is 23.2 Å². The van der Waals surface area contributed by atoms with Crippen LogP contribution in [0.2, 0.25) is 10.0 Å². The van der Waals surface area contributed by atoms with E-state index in [4.69, 9.17) is 32.7 Å². The quantitative estimate of drug-likeness (QED) is 0.147. The lowest BCUT2D eigenvalue weighted by atomic mass is 9.96. The molecule has 12 heteroatoms. The Morgan fingerprint density at radius 2 is 1.30 bits per heavy atom. The van der Waals surface area contributed by atoms with Gasteiger partial charge in [-0.3, -0.25) is 4.79 Å². The molecule has 0 aliphatic carbocycles. The number of benzene rings is 4. The molecule has 0 heterocycles. The molecule has 0 saturated carbocycles. The van der Waals surface area contributed by atoms with Crippen molar-refractivity contribution in [3.05, 3.63) is 122 Å². The zero-order valence-electron chi connectivity index (χ0n) is 23.1. The first-order valence-electron chi connectivity index (χ1n) is 13.1. The second-order valence-corrected chi connectivity index (χ2v) is 10.2. The predicted molar refractivity (Wildman–Crippen MR) is 161 cm³/mol. The molecule has 3 N–H and O–H groups in total. The molecule has 0 saturated heterocycles. The van der Waals surface area contributed by atoms with Gasteiger partial charge in [0.05, 0.1) is 38.9 Å². The molecule has 1 amide bonds. The van der Waals surface area contributed by atoms with Crippen molar-refractivity contribution >= 4 is 47.0 Å². The zero-order chi connectivity index (χ0) is 32.0. The Balaban J connectivity index is 1.78. The van der Waals surface area contributed by atoms with E-state index in [1.807, 2.05) is 0 Å². The number of carbonyl (C=O) groups excluding carboxylic acids is 1. The summed E-state index contributed by atoms with van der Waals surface area (Å²) < 4.78 is 11.6. The van der Waals surface area contributed by atoms with Crippen LogP contribution in [0.4, 0.5) is 0 Å². The van der Waals surface area contributed by atoms with Crippen molar-refractivity contribution in [2.75, 3.05) is 6.61 Å². The number of rotatable bonds is 12. The zero-order valence-corrected chi connectivity index (χ0v) is 24.6. The molecule has 44 heavy (non-hydrogen) atoms. The molecule has 0 aliphatic rings.